The topological polar surface area (TPSA) is 24.1 Å². The predicted molar refractivity (Wildman–Crippen MR) is 69.8 cm³/mol. The number of anilines is 1. The van der Waals surface area contributed by atoms with Gasteiger partial charge >= 0.3 is 0 Å². The van der Waals surface area contributed by atoms with Gasteiger partial charge in [-0.25, -0.2) is 0 Å². The molecular weight excluding hydrogens is 196 g/mol. The van der Waals surface area contributed by atoms with Crippen molar-refractivity contribution in [3.05, 3.63) is 30.3 Å². The van der Waals surface area contributed by atoms with Gasteiger partial charge in [0.05, 0.1) is 0 Å². The van der Waals surface area contributed by atoms with E-state index in [-0.39, 0.29) is 0 Å². The molecule has 1 heterocycles. The van der Waals surface area contributed by atoms with Crippen LogP contribution >= 0.6 is 0 Å². The molecule has 1 aliphatic rings. The normalized spacial score (nSPS) is 24.6. The molecule has 1 saturated heterocycles. The zero-order valence-corrected chi connectivity index (χ0v) is 10.1. The Hall–Kier alpha value is -1.02. The van der Waals surface area contributed by atoms with Gasteiger partial charge < -0.3 is 10.6 Å². The Bertz CT molecular complexity index is 302. The first-order chi connectivity index (χ1) is 7.85. The molecule has 0 spiro atoms. The first-order valence-corrected chi connectivity index (χ1v) is 6.39. The van der Waals surface area contributed by atoms with E-state index in [0.717, 1.165) is 6.54 Å². The van der Waals surface area contributed by atoms with Crippen LogP contribution in [0, 0.1) is 0 Å². The Morgan fingerprint density at radius 3 is 2.75 bits per heavy atom. The Labute approximate surface area is 98.4 Å². The number of nitrogens with one attached hydrogen (secondary N) is 2. The third-order valence-corrected chi connectivity index (χ3v) is 3.47. The highest BCUT2D eigenvalue weighted by Crippen LogP contribution is 2.25. The van der Waals surface area contributed by atoms with Crippen LogP contribution in [0.3, 0.4) is 0 Å². The third kappa shape index (κ3) is 2.76. The monoisotopic (exact) mass is 218 g/mol. The molecule has 1 aromatic rings. The smallest absolute Gasteiger partial charge is 0.0355 e. The molecule has 16 heavy (non-hydrogen) atoms. The van der Waals surface area contributed by atoms with Gasteiger partial charge in [-0.1, -0.05) is 31.5 Å². The zero-order chi connectivity index (χ0) is 11.3. The van der Waals surface area contributed by atoms with Crippen LogP contribution in [0.5, 0.6) is 0 Å². The molecule has 1 aliphatic heterocycles. The molecule has 2 nitrogen and oxygen atoms in total. The second-order valence-electron chi connectivity index (χ2n) is 4.78. The number of hydrogen-bond acceptors (Lipinski definition) is 2. The van der Waals surface area contributed by atoms with Gasteiger partial charge in [-0.2, -0.15) is 0 Å². The number of para-hydroxylation sites is 1. The molecule has 0 bridgehead atoms. The average Bonchev–Trinajstić information content (AvgIpc) is 2.78. The standard InChI is InChI=1S/C14H22N2/c1-2-9-14(10-6-11-16-14)12-15-13-7-4-3-5-8-13/h3-5,7-8,15-16H,2,6,9-12H2,1H3. The van der Waals surface area contributed by atoms with E-state index in [1.807, 2.05) is 0 Å². The van der Waals surface area contributed by atoms with Crippen LogP contribution in [0.2, 0.25) is 0 Å². The quantitative estimate of drug-likeness (QED) is 0.794. The van der Waals surface area contributed by atoms with Crippen LogP contribution in [0.1, 0.15) is 32.6 Å². The molecule has 1 unspecified atom stereocenters. The summed E-state index contributed by atoms with van der Waals surface area (Å²) in [7, 11) is 0. The Balaban J connectivity index is 1.92. The van der Waals surface area contributed by atoms with E-state index >= 15 is 0 Å². The second kappa shape index (κ2) is 5.35. The summed E-state index contributed by atoms with van der Waals surface area (Å²) in [6, 6.07) is 10.5. The van der Waals surface area contributed by atoms with E-state index in [0.29, 0.717) is 5.54 Å². The fraction of sp³-hybridized carbons (Fsp3) is 0.571. The van der Waals surface area contributed by atoms with Crippen molar-refractivity contribution < 1.29 is 0 Å². The summed E-state index contributed by atoms with van der Waals surface area (Å²) in [4.78, 5) is 0. The summed E-state index contributed by atoms with van der Waals surface area (Å²) >= 11 is 0. The van der Waals surface area contributed by atoms with Crippen LogP contribution in [0.4, 0.5) is 5.69 Å². The lowest BCUT2D eigenvalue weighted by molar-refractivity contribution is 0.364. The highest BCUT2D eigenvalue weighted by Gasteiger charge is 2.31. The minimum Gasteiger partial charge on any atom is -0.383 e. The van der Waals surface area contributed by atoms with Crippen LogP contribution in [-0.4, -0.2) is 18.6 Å². The lowest BCUT2D eigenvalue weighted by Gasteiger charge is -2.30. The maximum atomic E-state index is 3.68. The van der Waals surface area contributed by atoms with E-state index in [2.05, 4.69) is 47.9 Å². The molecule has 0 amide bonds. The highest BCUT2D eigenvalue weighted by atomic mass is 15.1. The van der Waals surface area contributed by atoms with Gasteiger partial charge in [0.1, 0.15) is 0 Å². The summed E-state index contributed by atoms with van der Waals surface area (Å²) in [5.74, 6) is 0. The Morgan fingerprint density at radius 1 is 1.31 bits per heavy atom. The third-order valence-electron chi connectivity index (χ3n) is 3.47. The molecule has 0 aliphatic carbocycles. The van der Waals surface area contributed by atoms with Crippen molar-refractivity contribution in [2.45, 2.75) is 38.1 Å². The van der Waals surface area contributed by atoms with Crippen molar-refractivity contribution in [1.82, 2.24) is 5.32 Å². The first-order valence-electron chi connectivity index (χ1n) is 6.39. The predicted octanol–water partition coefficient (Wildman–Crippen LogP) is 3.02. The Kier molecular flexibility index (Phi) is 3.83. The second-order valence-corrected chi connectivity index (χ2v) is 4.78. The van der Waals surface area contributed by atoms with E-state index in [4.69, 9.17) is 0 Å². The minimum absolute atomic E-state index is 0.338. The Morgan fingerprint density at radius 2 is 2.12 bits per heavy atom. The number of hydrogen-bond donors (Lipinski definition) is 2. The van der Waals surface area contributed by atoms with Gasteiger partial charge in [-0.15, -0.1) is 0 Å². The fourth-order valence-corrected chi connectivity index (χ4v) is 2.63. The SMILES string of the molecule is CCCC1(CNc2ccccc2)CCCN1. The summed E-state index contributed by atoms with van der Waals surface area (Å²) in [5, 5.41) is 7.23. The molecule has 1 aromatic carbocycles. The van der Waals surface area contributed by atoms with Crippen LogP contribution < -0.4 is 10.6 Å². The molecule has 2 heteroatoms. The summed E-state index contributed by atoms with van der Waals surface area (Å²) in [6.07, 6.45) is 5.15. The molecule has 0 radical (unpaired) electrons. The van der Waals surface area contributed by atoms with Crippen molar-refractivity contribution in [2.75, 3.05) is 18.4 Å². The highest BCUT2D eigenvalue weighted by molar-refractivity contribution is 5.42. The molecule has 2 rings (SSSR count). The summed E-state index contributed by atoms with van der Waals surface area (Å²) in [5.41, 5.74) is 1.57. The molecule has 0 aromatic heterocycles. The minimum atomic E-state index is 0.338. The maximum absolute atomic E-state index is 3.68. The van der Waals surface area contributed by atoms with Crippen molar-refractivity contribution in [3.8, 4) is 0 Å². The summed E-state index contributed by atoms with van der Waals surface area (Å²) in [6.45, 7) is 4.49. The average molecular weight is 218 g/mol. The van der Waals surface area contributed by atoms with Crippen molar-refractivity contribution in [2.24, 2.45) is 0 Å². The molecular formula is C14H22N2. The van der Waals surface area contributed by atoms with E-state index < -0.39 is 0 Å². The lowest BCUT2D eigenvalue weighted by Crippen LogP contribution is -2.45. The van der Waals surface area contributed by atoms with Crippen molar-refractivity contribution in [3.63, 3.8) is 0 Å². The van der Waals surface area contributed by atoms with E-state index in [1.165, 1.54) is 37.9 Å². The van der Waals surface area contributed by atoms with Gasteiger partial charge in [-0.05, 0) is 37.9 Å². The van der Waals surface area contributed by atoms with Crippen LogP contribution in [0.25, 0.3) is 0 Å². The summed E-state index contributed by atoms with van der Waals surface area (Å²) < 4.78 is 0. The van der Waals surface area contributed by atoms with Gasteiger partial charge in [0.15, 0.2) is 0 Å². The molecule has 1 fully saturated rings. The van der Waals surface area contributed by atoms with E-state index in [1.54, 1.807) is 0 Å². The molecule has 1 atom stereocenters. The van der Waals surface area contributed by atoms with Crippen molar-refractivity contribution >= 4 is 5.69 Å². The van der Waals surface area contributed by atoms with Crippen LogP contribution in [-0.2, 0) is 0 Å². The molecule has 88 valence electrons. The van der Waals surface area contributed by atoms with Gasteiger partial charge in [0, 0.05) is 17.8 Å². The molecule has 0 saturated carbocycles. The van der Waals surface area contributed by atoms with Crippen molar-refractivity contribution in [1.29, 1.82) is 0 Å². The first kappa shape index (κ1) is 11.5. The van der Waals surface area contributed by atoms with Gasteiger partial charge in [0.25, 0.3) is 0 Å². The zero-order valence-electron chi connectivity index (χ0n) is 10.1. The van der Waals surface area contributed by atoms with Gasteiger partial charge in [0.2, 0.25) is 0 Å². The maximum Gasteiger partial charge on any atom is 0.0355 e. The van der Waals surface area contributed by atoms with Crippen LogP contribution in [0.15, 0.2) is 30.3 Å². The lowest BCUT2D eigenvalue weighted by atomic mass is 9.92. The molecule has 2 N–H and O–H groups in total. The number of benzene rings is 1. The largest absolute Gasteiger partial charge is 0.383 e. The van der Waals surface area contributed by atoms with Gasteiger partial charge in [-0.3, -0.25) is 0 Å². The fourth-order valence-electron chi connectivity index (χ4n) is 2.63. The van der Waals surface area contributed by atoms with E-state index in [9.17, 15) is 0 Å². The number of rotatable bonds is 5.